The number of nitrogens with one attached hydrogen (secondary N) is 1. The van der Waals surface area contributed by atoms with Gasteiger partial charge in [-0.25, -0.2) is 19.6 Å². The van der Waals surface area contributed by atoms with E-state index in [9.17, 15) is 4.79 Å². The lowest BCUT2D eigenvalue weighted by Gasteiger charge is -2.38. The molecular formula is C14H14N8OS. The summed E-state index contributed by atoms with van der Waals surface area (Å²) in [4.78, 5) is 26.6. The Morgan fingerprint density at radius 1 is 1.25 bits per heavy atom. The monoisotopic (exact) mass is 342 g/mol. The van der Waals surface area contributed by atoms with Crippen LogP contribution in [-0.4, -0.2) is 48.1 Å². The first-order chi connectivity index (χ1) is 11.7. The van der Waals surface area contributed by atoms with Crippen LogP contribution in [0.15, 0.2) is 31.1 Å². The molecule has 4 rings (SSSR count). The number of anilines is 2. The van der Waals surface area contributed by atoms with Gasteiger partial charge in [0.25, 0.3) is 0 Å². The zero-order valence-corrected chi connectivity index (χ0v) is 13.6. The number of carbonyl (C=O) groups excluding carboxylic acids is 1. The van der Waals surface area contributed by atoms with E-state index in [1.807, 2.05) is 24.0 Å². The number of carbonyl (C=O) groups is 1. The van der Waals surface area contributed by atoms with Gasteiger partial charge >= 0.3 is 0 Å². The molecule has 3 aromatic heterocycles. The van der Waals surface area contributed by atoms with E-state index in [0.717, 1.165) is 16.5 Å². The van der Waals surface area contributed by atoms with Gasteiger partial charge in [-0.15, -0.1) is 0 Å². The molecule has 1 saturated heterocycles. The van der Waals surface area contributed by atoms with Crippen LogP contribution in [0.2, 0.25) is 0 Å². The molecule has 24 heavy (non-hydrogen) atoms. The van der Waals surface area contributed by atoms with Crippen LogP contribution in [0.1, 0.15) is 5.69 Å². The Morgan fingerprint density at radius 2 is 2.08 bits per heavy atom. The van der Waals surface area contributed by atoms with E-state index in [-0.39, 0.29) is 11.8 Å². The predicted molar refractivity (Wildman–Crippen MR) is 88.1 cm³/mol. The Labute approximate surface area is 141 Å². The van der Waals surface area contributed by atoms with Crippen molar-refractivity contribution in [3.05, 3.63) is 36.8 Å². The van der Waals surface area contributed by atoms with Crippen LogP contribution < -0.4 is 10.2 Å². The van der Waals surface area contributed by atoms with Gasteiger partial charge in [-0.1, -0.05) is 0 Å². The molecule has 0 spiro atoms. The van der Waals surface area contributed by atoms with Gasteiger partial charge in [0, 0.05) is 19.2 Å². The molecule has 1 aliphatic heterocycles. The normalized spacial score (nSPS) is 14.5. The number of hydrogen-bond donors (Lipinski definition) is 1. The molecule has 0 radical (unpaired) electrons. The highest BCUT2D eigenvalue weighted by atomic mass is 32.1. The van der Waals surface area contributed by atoms with Crippen LogP contribution in [0.25, 0.3) is 5.82 Å². The van der Waals surface area contributed by atoms with Gasteiger partial charge in [-0.05, 0) is 24.5 Å². The van der Waals surface area contributed by atoms with Gasteiger partial charge in [-0.3, -0.25) is 4.79 Å². The highest BCUT2D eigenvalue weighted by molar-refractivity contribution is 7.10. The van der Waals surface area contributed by atoms with Crippen molar-refractivity contribution in [1.82, 2.24) is 29.1 Å². The van der Waals surface area contributed by atoms with Crippen molar-refractivity contribution >= 4 is 28.3 Å². The van der Waals surface area contributed by atoms with Crippen LogP contribution in [0.5, 0.6) is 0 Å². The summed E-state index contributed by atoms with van der Waals surface area (Å²) >= 11 is 1.30. The maximum atomic E-state index is 12.2. The third-order valence-corrected chi connectivity index (χ3v) is 4.54. The van der Waals surface area contributed by atoms with E-state index < -0.39 is 0 Å². The molecule has 0 unspecified atom stereocenters. The van der Waals surface area contributed by atoms with E-state index in [0.29, 0.717) is 18.9 Å². The molecule has 9 nitrogen and oxygen atoms in total. The topological polar surface area (TPSA) is 102 Å². The molecule has 122 valence electrons. The number of rotatable bonds is 4. The molecule has 1 N–H and O–H groups in total. The Morgan fingerprint density at radius 3 is 2.79 bits per heavy atom. The van der Waals surface area contributed by atoms with Gasteiger partial charge < -0.3 is 10.2 Å². The van der Waals surface area contributed by atoms with Crippen molar-refractivity contribution in [2.24, 2.45) is 5.92 Å². The van der Waals surface area contributed by atoms with Crippen LogP contribution in [0.3, 0.4) is 0 Å². The Balaban J connectivity index is 1.39. The van der Waals surface area contributed by atoms with E-state index >= 15 is 0 Å². The molecule has 0 bridgehead atoms. The highest BCUT2D eigenvalue weighted by Crippen LogP contribution is 2.25. The summed E-state index contributed by atoms with van der Waals surface area (Å²) in [5, 5.41) is 7.74. The maximum absolute atomic E-state index is 12.2. The fourth-order valence-corrected chi connectivity index (χ4v) is 3.10. The number of hydrogen-bond acceptors (Lipinski definition) is 8. The minimum Gasteiger partial charge on any atom is -0.355 e. The fraction of sp³-hybridized carbons (Fsp3) is 0.286. The van der Waals surface area contributed by atoms with Gasteiger partial charge in [0.05, 0.1) is 11.6 Å². The maximum Gasteiger partial charge on any atom is 0.231 e. The zero-order chi connectivity index (χ0) is 16.5. The molecular weight excluding hydrogens is 328 g/mol. The van der Waals surface area contributed by atoms with Crippen LogP contribution in [0, 0.1) is 12.8 Å². The second-order valence-corrected chi connectivity index (χ2v) is 6.30. The van der Waals surface area contributed by atoms with Crippen LogP contribution >= 0.6 is 11.5 Å². The summed E-state index contributed by atoms with van der Waals surface area (Å²) < 4.78 is 5.73. The molecule has 0 atom stereocenters. The summed E-state index contributed by atoms with van der Waals surface area (Å²) in [7, 11) is 0. The fourth-order valence-electron chi connectivity index (χ4n) is 2.44. The minimum atomic E-state index is -0.0582. The van der Waals surface area contributed by atoms with Crippen molar-refractivity contribution in [2.75, 3.05) is 23.3 Å². The summed E-state index contributed by atoms with van der Waals surface area (Å²) in [6.07, 6.45) is 4.52. The standard InChI is InChI=1S/C14H14N8OS/c1-9-2-13(24-20-9)19-14(23)10-4-21(5-10)11-3-12(17-7-16-11)22-8-15-6-18-22/h2-3,6-8,10H,4-5H2,1H3,(H,19,23). The third kappa shape index (κ3) is 2.83. The minimum absolute atomic E-state index is 0.0143. The van der Waals surface area contributed by atoms with Crippen molar-refractivity contribution in [2.45, 2.75) is 6.92 Å². The van der Waals surface area contributed by atoms with Crippen LogP contribution in [0.4, 0.5) is 10.8 Å². The Kier molecular flexibility index (Phi) is 3.65. The zero-order valence-electron chi connectivity index (χ0n) is 12.8. The van der Waals surface area contributed by atoms with E-state index in [2.05, 4.69) is 29.7 Å². The molecule has 4 heterocycles. The van der Waals surface area contributed by atoms with Crippen molar-refractivity contribution in [3.63, 3.8) is 0 Å². The van der Waals surface area contributed by atoms with Gasteiger partial charge in [0.15, 0.2) is 5.82 Å². The van der Waals surface area contributed by atoms with Crippen molar-refractivity contribution < 1.29 is 4.79 Å². The smallest absolute Gasteiger partial charge is 0.231 e. The first-order valence-corrected chi connectivity index (χ1v) is 8.12. The average molecular weight is 342 g/mol. The predicted octanol–water partition coefficient (Wildman–Crippen LogP) is 0.897. The lowest BCUT2D eigenvalue weighted by Crippen LogP contribution is -2.52. The molecule has 1 aliphatic rings. The highest BCUT2D eigenvalue weighted by Gasteiger charge is 2.34. The lowest BCUT2D eigenvalue weighted by molar-refractivity contribution is -0.120. The molecule has 10 heteroatoms. The largest absolute Gasteiger partial charge is 0.355 e. The van der Waals surface area contributed by atoms with Gasteiger partial charge in [0.1, 0.15) is 29.8 Å². The molecule has 0 aliphatic carbocycles. The van der Waals surface area contributed by atoms with E-state index in [1.165, 1.54) is 24.2 Å². The molecule has 1 fully saturated rings. The summed E-state index contributed by atoms with van der Waals surface area (Å²) in [5.41, 5.74) is 0.909. The number of amides is 1. The molecule has 1 amide bonds. The van der Waals surface area contributed by atoms with Gasteiger partial charge in [0.2, 0.25) is 5.91 Å². The van der Waals surface area contributed by atoms with E-state index in [1.54, 1.807) is 11.0 Å². The third-order valence-electron chi connectivity index (χ3n) is 3.74. The summed E-state index contributed by atoms with van der Waals surface area (Å²) in [6, 6.07) is 3.70. The van der Waals surface area contributed by atoms with Gasteiger partial charge in [-0.2, -0.15) is 9.47 Å². The lowest BCUT2D eigenvalue weighted by atomic mass is 9.99. The van der Waals surface area contributed by atoms with Crippen LogP contribution in [-0.2, 0) is 4.79 Å². The quantitative estimate of drug-likeness (QED) is 0.751. The summed E-state index contributed by atoms with van der Waals surface area (Å²) in [6.45, 7) is 3.15. The molecule has 0 aromatic carbocycles. The number of nitrogens with zero attached hydrogens (tertiary/aromatic N) is 7. The number of aryl methyl sites for hydroxylation is 1. The Bertz CT molecular complexity index is 855. The first-order valence-electron chi connectivity index (χ1n) is 7.35. The SMILES string of the molecule is Cc1cc(NC(=O)C2CN(c3cc(-n4cncn4)ncn3)C2)sn1. The Hall–Kier alpha value is -2.88. The first kappa shape index (κ1) is 14.7. The van der Waals surface area contributed by atoms with Crippen molar-refractivity contribution in [3.8, 4) is 5.82 Å². The summed E-state index contributed by atoms with van der Waals surface area (Å²) in [5.74, 6) is 1.37. The second-order valence-electron chi connectivity index (χ2n) is 5.50. The number of aromatic nitrogens is 6. The molecule has 3 aromatic rings. The van der Waals surface area contributed by atoms with E-state index in [4.69, 9.17) is 0 Å². The second kappa shape index (κ2) is 5.96. The van der Waals surface area contributed by atoms with Crippen molar-refractivity contribution in [1.29, 1.82) is 0 Å². The average Bonchev–Trinajstić information content (AvgIpc) is 3.18. The molecule has 0 saturated carbocycles.